The highest BCUT2D eigenvalue weighted by molar-refractivity contribution is 5.91. The van der Waals surface area contributed by atoms with Gasteiger partial charge in [0.15, 0.2) is 0 Å². The van der Waals surface area contributed by atoms with Crippen molar-refractivity contribution in [2.75, 3.05) is 11.6 Å². The van der Waals surface area contributed by atoms with Crippen LogP contribution >= 0.6 is 0 Å². The lowest BCUT2D eigenvalue weighted by Crippen LogP contribution is -2.43. The van der Waals surface area contributed by atoms with E-state index in [9.17, 15) is 22.8 Å². The molecule has 3 aromatic heterocycles. The van der Waals surface area contributed by atoms with Gasteiger partial charge < -0.3 is 14.7 Å². The number of hydrogen-bond acceptors (Lipinski definition) is 5. The zero-order chi connectivity index (χ0) is 23.6. The van der Waals surface area contributed by atoms with E-state index in [1.807, 2.05) is 36.1 Å². The van der Waals surface area contributed by atoms with Gasteiger partial charge in [-0.15, -0.1) is 5.06 Å². The first-order valence-electron chi connectivity index (χ1n) is 9.57. The molecule has 0 saturated heterocycles. The lowest BCUT2D eigenvalue weighted by molar-refractivity contribution is -0.129. The van der Waals surface area contributed by atoms with Gasteiger partial charge in [-0.05, 0) is 24.3 Å². The van der Waals surface area contributed by atoms with Crippen LogP contribution in [0.2, 0.25) is 0 Å². The molecule has 0 aliphatic rings. The van der Waals surface area contributed by atoms with Gasteiger partial charge in [-0.2, -0.15) is 13.2 Å². The molecule has 0 saturated carbocycles. The summed E-state index contributed by atoms with van der Waals surface area (Å²) in [5.74, 6) is 0.774. The third-order valence-electron chi connectivity index (χ3n) is 4.74. The molecular formula is C21H17F3N6O3. The number of nitrogens with zero attached hydrogens (tertiary/aromatic N) is 5. The molecule has 33 heavy (non-hydrogen) atoms. The molecule has 4 aromatic rings. The number of carbonyl (C=O) groups excluding carboxylic acids is 2. The van der Waals surface area contributed by atoms with E-state index < -0.39 is 18.8 Å². The van der Waals surface area contributed by atoms with Crippen LogP contribution in [0.15, 0.2) is 61.2 Å². The first-order valence-corrected chi connectivity index (χ1v) is 9.57. The van der Waals surface area contributed by atoms with Crippen LogP contribution in [0, 0.1) is 0 Å². The Morgan fingerprint density at radius 2 is 2.00 bits per heavy atom. The lowest BCUT2D eigenvalue weighted by Gasteiger charge is -2.20. The van der Waals surface area contributed by atoms with Crippen molar-refractivity contribution in [1.82, 2.24) is 24.3 Å². The molecule has 0 spiro atoms. The average Bonchev–Trinajstić information content (AvgIpc) is 3.41. The van der Waals surface area contributed by atoms with E-state index in [-0.39, 0.29) is 12.2 Å². The second-order valence-electron chi connectivity index (χ2n) is 6.97. The Labute approximate surface area is 185 Å². The van der Waals surface area contributed by atoms with E-state index in [2.05, 4.69) is 14.8 Å². The topological polar surface area (TPSA) is 93.8 Å². The number of hydrogen-bond donors (Lipinski definition) is 1. The van der Waals surface area contributed by atoms with Crippen LogP contribution in [0.3, 0.4) is 0 Å². The number of amides is 2. The van der Waals surface area contributed by atoms with Crippen molar-refractivity contribution in [1.29, 1.82) is 0 Å². The highest BCUT2D eigenvalue weighted by atomic mass is 19.4. The fourth-order valence-electron chi connectivity index (χ4n) is 3.29. The number of aryl methyl sites for hydroxylation is 1. The summed E-state index contributed by atoms with van der Waals surface area (Å²) >= 11 is 0. The minimum atomic E-state index is -4.62. The van der Waals surface area contributed by atoms with Crippen LogP contribution < -0.4 is 10.4 Å². The van der Waals surface area contributed by atoms with Crippen LogP contribution in [0.1, 0.15) is 0 Å². The van der Waals surface area contributed by atoms with Gasteiger partial charge in [0.2, 0.25) is 0 Å². The van der Waals surface area contributed by atoms with Gasteiger partial charge in [0.1, 0.15) is 18.0 Å². The van der Waals surface area contributed by atoms with Gasteiger partial charge in [0.25, 0.3) is 0 Å². The molecule has 0 radical (unpaired) electrons. The molecule has 170 valence electrons. The Balaban J connectivity index is 1.65. The molecule has 2 amide bonds. The number of anilines is 1. The van der Waals surface area contributed by atoms with Gasteiger partial charge in [-0.1, -0.05) is 12.1 Å². The number of fused-ring (bicyclic) bond motifs is 1. The number of rotatable bonds is 6. The number of imidazole rings is 2. The summed E-state index contributed by atoms with van der Waals surface area (Å²) in [7, 11) is 1.88. The summed E-state index contributed by atoms with van der Waals surface area (Å²) in [6.45, 7) is -1.62. The quantitative estimate of drug-likeness (QED) is 0.352. The summed E-state index contributed by atoms with van der Waals surface area (Å²) in [5, 5.41) is 2.12. The molecular weight excluding hydrogens is 441 g/mol. The smallest absolute Gasteiger partial charge is 0.335 e. The molecule has 1 N–H and O–H groups in total. The van der Waals surface area contributed by atoms with E-state index in [1.54, 1.807) is 34.2 Å². The number of pyridine rings is 1. The van der Waals surface area contributed by atoms with Crippen molar-refractivity contribution in [2.45, 2.75) is 6.18 Å². The first kappa shape index (κ1) is 21.9. The fraction of sp³-hybridized carbons (Fsp3) is 0.143. The number of halogens is 3. The van der Waals surface area contributed by atoms with Gasteiger partial charge in [0.05, 0.1) is 17.6 Å². The third-order valence-corrected chi connectivity index (χ3v) is 4.74. The zero-order valence-corrected chi connectivity index (χ0v) is 17.2. The largest absolute Gasteiger partial charge is 0.405 e. The van der Waals surface area contributed by atoms with E-state index in [4.69, 9.17) is 0 Å². The van der Waals surface area contributed by atoms with Crippen molar-refractivity contribution in [2.24, 2.45) is 7.05 Å². The van der Waals surface area contributed by atoms with Crippen LogP contribution in [-0.4, -0.2) is 44.2 Å². The normalized spacial score (nSPS) is 11.4. The van der Waals surface area contributed by atoms with E-state index in [0.29, 0.717) is 22.0 Å². The van der Waals surface area contributed by atoms with Gasteiger partial charge in [0, 0.05) is 36.8 Å². The molecule has 0 aliphatic heterocycles. The summed E-state index contributed by atoms with van der Waals surface area (Å²) in [5.41, 5.74) is 2.80. The van der Waals surface area contributed by atoms with Crippen LogP contribution in [0.5, 0.6) is 0 Å². The standard InChI is InChI=1S/C21H17F3N6O3/c1-28-8-6-25-19(28)15-5-7-29-17(11-26-18(29)10-15)14-3-2-4-16(9-14)30(33-13-31)20(32)27-12-21(22,23)24/h2-11,13H,12H2,1H3,(H,27,32). The van der Waals surface area contributed by atoms with Gasteiger partial charge in [-0.3, -0.25) is 9.20 Å². The molecule has 12 heteroatoms. The van der Waals surface area contributed by atoms with Crippen LogP contribution in [0.4, 0.5) is 23.7 Å². The Bertz CT molecular complexity index is 1310. The van der Waals surface area contributed by atoms with E-state index >= 15 is 0 Å². The SMILES string of the molecule is Cn1ccnc1-c1ccn2c(-c3cccc(N(OC=O)C(=O)NCC(F)(F)F)c3)cnc2c1. The Hall–Kier alpha value is -4.35. The van der Waals surface area contributed by atoms with Crippen molar-refractivity contribution in [3.8, 4) is 22.6 Å². The van der Waals surface area contributed by atoms with Gasteiger partial charge in [-0.25, -0.2) is 14.8 Å². The van der Waals surface area contributed by atoms with Crippen molar-refractivity contribution in [3.05, 3.63) is 61.2 Å². The number of carbonyl (C=O) groups is 2. The molecule has 9 nitrogen and oxygen atoms in total. The maximum Gasteiger partial charge on any atom is 0.405 e. The molecule has 4 rings (SSSR count). The van der Waals surface area contributed by atoms with Crippen LogP contribution in [0.25, 0.3) is 28.3 Å². The maximum absolute atomic E-state index is 12.4. The number of benzene rings is 1. The highest BCUT2D eigenvalue weighted by Crippen LogP contribution is 2.27. The molecule has 0 bridgehead atoms. The van der Waals surface area contributed by atoms with E-state index in [1.165, 1.54) is 12.1 Å². The van der Waals surface area contributed by atoms with Crippen molar-refractivity contribution in [3.63, 3.8) is 0 Å². The number of nitrogens with one attached hydrogen (secondary N) is 1. The molecule has 0 atom stereocenters. The Morgan fingerprint density at radius 1 is 1.18 bits per heavy atom. The van der Waals surface area contributed by atoms with E-state index in [0.717, 1.165) is 11.4 Å². The molecule has 1 aromatic carbocycles. The third kappa shape index (κ3) is 4.63. The van der Waals surface area contributed by atoms with Crippen molar-refractivity contribution < 1.29 is 27.6 Å². The second-order valence-corrected chi connectivity index (χ2v) is 6.97. The minimum absolute atomic E-state index is 0.0484. The fourth-order valence-corrected chi connectivity index (χ4v) is 3.29. The molecule has 0 aliphatic carbocycles. The molecule has 3 heterocycles. The number of aromatic nitrogens is 4. The summed E-state index contributed by atoms with van der Waals surface area (Å²) < 4.78 is 41.0. The molecule has 0 fully saturated rings. The van der Waals surface area contributed by atoms with Crippen LogP contribution in [-0.2, 0) is 16.7 Å². The maximum atomic E-state index is 12.4. The second kappa shape index (κ2) is 8.65. The predicted octanol–water partition coefficient (Wildman–Crippen LogP) is 3.57. The lowest BCUT2D eigenvalue weighted by atomic mass is 10.1. The zero-order valence-electron chi connectivity index (χ0n) is 17.2. The minimum Gasteiger partial charge on any atom is -0.335 e. The number of alkyl halides is 3. The average molecular weight is 458 g/mol. The summed E-state index contributed by atoms with van der Waals surface area (Å²) in [6.07, 6.45) is 2.34. The Kier molecular flexibility index (Phi) is 5.73. The predicted molar refractivity (Wildman–Crippen MR) is 112 cm³/mol. The summed E-state index contributed by atoms with van der Waals surface area (Å²) in [4.78, 5) is 36.4. The highest BCUT2D eigenvalue weighted by Gasteiger charge is 2.30. The summed E-state index contributed by atoms with van der Waals surface area (Å²) in [6, 6.07) is 8.71. The number of urea groups is 1. The number of hydroxylamine groups is 1. The first-order chi connectivity index (χ1) is 15.8. The van der Waals surface area contributed by atoms with Crippen molar-refractivity contribution >= 4 is 23.8 Å². The van der Waals surface area contributed by atoms with Gasteiger partial charge >= 0.3 is 18.7 Å². The molecule has 0 unspecified atom stereocenters. The monoisotopic (exact) mass is 458 g/mol. The Morgan fingerprint density at radius 3 is 2.70 bits per heavy atom.